The molecule has 6 heteroatoms. The zero-order valence-corrected chi connectivity index (χ0v) is 21.4. The Kier molecular flexibility index (Phi) is 6.13. The first-order chi connectivity index (χ1) is 17.9. The first kappa shape index (κ1) is 24.0. The number of carboxylic acid groups (broad SMARTS) is 1. The zero-order valence-electron chi connectivity index (χ0n) is 21.4. The van der Waals surface area contributed by atoms with E-state index in [0.717, 1.165) is 47.4 Å². The maximum Gasteiger partial charge on any atom is 0.330 e. The maximum atomic E-state index is 13.5. The van der Waals surface area contributed by atoms with Crippen molar-refractivity contribution in [1.29, 1.82) is 0 Å². The summed E-state index contributed by atoms with van der Waals surface area (Å²) in [4.78, 5) is 33.8. The van der Waals surface area contributed by atoms with E-state index in [1.807, 2.05) is 37.3 Å². The van der Waals surface area contributed by atoms with Crippen LogP contribution in [-0.2, 0) is 11.2 Å². The minimum atomic E-state index is -1.14. The summed E-state index contributed by atoms with van der Waals surface area (Å²) >= 11 is 0. The number of carbonyl (C=O) groups excluding carboxylic acids is 1. The largest absolute Gasteiger partial charge is 0.479 e. The second-order valence-electron chi connectivity index (χ2n) is 11.8. The summed E-state index contributed by atoms with van der Waals surface area (Å²) in [7, 11) is 0. The van der Waals surface area contributed by atoms with Gasteiger partial charge in [-0.1, -0.05) is 54.6 Å². The van der Waals surface area contributed by atoms with E-state index in [1.165, 1.54) is 38.5 Å². The van der Waals surface area contributed by atoms with E-state index in [0.29, 0.717) is 22.5 Å². The minimum Gasteiger partial charge on any atom is -0.479 e. The third-order valence-corrected chi connectivity index (χ3v) is 9.12. The van der Waals surface area contributed by atoms with Crippen molar-refractivity contribution in [2.45, 2.75) is 64.3 Å². The summed E-state index contributed by atoms with van der Waals surface area (Å²) in [5.41, 5.74) is 4.06. The lowest BCUT2D eigenvalue weighted by atomic mass is 9.48. The van der Waals surface area contributed by atoms with Crippen LogP contribution >= 0.6 is 0 Å². The number of carbonyl (C=O) groups is 2. The summed E-state index contributed by atoms with van der Waals surface area (Å²) in [5.74, 6) is 1.74. The van der Waals surface area contributed by atoms with Gasteiger partial charge in [0, 0.05) is 11.3 Å². The van der Waals surface area contributed by atoms with Gasteiger partial charge in [-0.3, -0.25) is 4.79 Å². The Bertz CT molecular complexity index is 1280. The van der Waals surface area contributed by atoms with Crippen LogP contribution in [-0.4, -0.2) is 27.0 Å². The molecule has 37 heavy (non-hydrogen) atoms. The van der Waals surface area contributed by atoms with Crippen molar-refractivity contribution in [3.05, 3.63) is 77.1 Å². The van der Waals surface area contributed by atoms with Crippen molar-refractivity contribution in [3.63, 3.8) is 0 Å². The van der Waals surface area contributed by atoms with E-state index in [-0.39, 0.29) is 0 Å². The van der Waals surface area contributed by atoms with Crippen LogP contribution in [0.15, 0.2) is 54.6 Å². The topological polar surface area (TPSA) is 95.1 Å². The second kappa shape index (κ2) is 9.47. The number of nitrogens with zero attached hydrogens (tertiary/aromatic N) is 1. The fraction of sp³-hybridized carbons (Fsp3) is 0.452. The molecule has 3 aromatic rings. The van der Waals surface area contributed by atoms with Crippen LogP contribution in [0, 0.1) is 30.1 Å². The predicted molar refractivity (Wildman–Crippen MR) is 142 cm³/mol. The van der Waals surface area contributed by atoms with Crippen molar-refractivity contribution >= 4 is 11.9 Å². The van der Waals surface area contributed by atoms with Crippen molar-refractivity contribution in [2.75, 3.05) is 0 Å². The highest BCUT2D eigenvalue weighted by Gasteiger charge is 2.50. The number of H-pyrrole nitrogens is 1. The molecule has 4 fully saturated rings. The van der Waals surface area contributed by atoms with Crippen molar-refractivity contribution in [2.24, 2.45) is 23.2 Å². The summed E-state index contributed by atoms with van der Waals surface area (Å²) < 4.78 is 0. The lowest BCUT2D eigenvalue weighted by molar-refractivity contribution is -0.139. The number of aromatic amines is 1. The van der Waals surface area contributed by atoms with Crippen LogP contribution in [0.5, 0.6) is 0 Å². The number of benzene rings is 2. The Morgan fingerprint density at radius 3 is 2.24 bits per heavy atom. The number of imidazole rings is 1. The molecule has 4 aliphatic carbocycles. The molecule has 1 unspecified atom stereocenters. The molecular weight excluding hydrogens is 462 g/mol. The monoisotopic (exact) mass is 497 g/mol. The number of amides is 1. The van der Waals surface area contributed by atoms with E-state index >= 15 is 0 Å². The summed E-state index contributed by atoms with van der Waals surface area (Å²) in [5, 5.41) is 12.6. The average Bonchev–Trinajstić information content (AvgIpc) is 3.30. The third-order valence-electron chi connectivity index (χ3n) is 9.12. The van der Waals surface area contributed by atoms with E-state index < -0.39 is 17.9 Å². The van der Waals surface area contributed by atoms with Gasteiger partial charge < -0.3 is 15.4 Å². The van der Waals surface area contributed by atoms with Gasteiger partial charge in [-0.2, -0.15) is 0 Å². The number of aliphatic carboxylic acids is 1. The van der Waals surface area contributed by atoms with Crippen LogP contribution in [0.1, 0.15) is 78.3 Å². The molecule has 1 amide bonds. The average molecular weight is 498 g/mol. The molecule has 2 aromatic carbocycles. The number of carboxylic acids is 1. The van der Waals surface area contributed by atoms with Crippen LogP contribution in [0.4, 0.5) is 0 Å². The molecule has 4 aliphatic rings. The first-order valence-electron chi connectivity index (χ1n) is 13.6. The molecule has 7 rings (SSSR count). The first-order valence-corrected chi connectivity index (χ1v) is 13.6. The van der Waals surface area contributed by atoms with Crippen molar-refractivity contribution in [1.82, 2.24) is 15.3 Å². The molecule has 4 saturated carbocycles. The zero-order chi connectivity index (χ0) is 25.6. The molecule has 0 aliphatic heterocycles. The predicted octanol–water partition coefficient (Wildman–Crippen LogP) is 6.09. The Hall–Kier alpha value is -3.41. The molecule has 0 saturated heterocycles. The molecule has 1 atom stereocenters. The van der Waals surface area contributed by atoms with Crippen LogP contribution in [0.3, 0.4) is 0 Å². The highest BCUT2D eigenvalue weighted by atomic mass is 16.4. The third kappa shape index (κ3) is 4.70. The molecular formula is C31H35N3O3. The Balaban J connectivity index is 1.29. The molecule has 3 N–H and O–H groups in total. The van der Waals surface area contributed by atoms with Crippen molar-refractivity contribution < 1.29 is 14.7 Å². The summed E-state index contributed by atoms with van der Waals surface area (Å²) in [6, 6.07) is 15.7. The van der Waals surface area contributed by atoms with Gasteiger partial charge in [-0.05, 0) is 92.6 Å². The minimum absolute atomic E-state index is 0.310. The maximum absolute atomic E-state index is 13.5. The summed E-state index contributed by atoms with van der Waals surface area (Å²) in [6.45, 7) is 2.03. The lowest BCUT2D eigenvalue weighted by Crippen LogP contribution is -2.46. The molecule has 1 heterocycles. The molecule has 0 spiro atoms. The van der Waals surface area contributed by atoms with Gasteiger partial charge in [0.1, 0.15) is 11.5 Å². The quantitative estimate of drug-likeness (QED) is 0.351. The number of nitrogens with one attached hydrogen (secondary N) is 2. The Morgan fingerprint density at radius 2 is 1.62 bits per heavy atom. The fourth-order valence-corrected chi connectivity index (χ4v) is 7.86. The highest BCUT2D eigenvalue weighted by molar-refractivity contribution is 5.96. The van der Waals surface area contributed by atoms with Gasteiger partial charge in [0.05, 0.1) is 0 Å². The highest BCUT2D eigenvalue weighted by Crippen LogP contribution is 2.61. The molecule has 192 valence electrons. The number of hydrogen-bond donors (Lipinski definition) is 3. The van der Waals surface area contributed by atoms with Crippen molar-refractivity contribution in [3.8, 4) is 11.4 Å². The number of hydrogen-bond acceptors (Lipinski definition) is 3. The number of rotatable bonds is 8. The van der Waals surface area contributed by atoms with Gasteiger partial charge in [0.2, 0.25) is 0 Å². The van der Waals surface area contributed by atoms with Gasteiger partial charge in [-0.15, -0.1) is 0 Å². The van der Waals surface area contributed by atoms with Crippen LogP contribution < -0.4 is 5.32 Å². The van der Waals surface area contributed by atoms with E-state index in [1.54, 1.807) is 24.3 Å². The molecule has 0 radical (unpaired) electrons. The van der Waals surface area contributed by atoms with Crippen LogP contribution in [0.2, 0.25) is 0 Å². The Morgan fingerprint density at radius 1 is 1.00 bits per heavy atom. The standard InChI is InChI=1S/C31H35N3O3/c1-19-7-5-6-10-24(19)28-32-25(11-12-31-16-20-13-21(17-31)15-22(14-20)18-31)27(33-28)29(35)34-26(30(36)37)23-8-3-2-4-9-23/h2-10,20-22,26H,11-18H2,1H3,(H,32,33)(H,34,35)(H,36,37). The fourth-order valence-electron chi connectivity index (χ4n) is 7.86. The smallest absolute Gasteiger partial charge is 0.330 e. The normalized spacial score (nSPS) is 26.7. The molecule has 1 aromatic heterocycles. The molecule has 4 bridgehead atoms. The summed E-state index contributed by atoms with van der Waals surface area (Å²) in [6.07, 6.45) is 9.96. The Labute approximate surface area is 217 Å². The van der Waals surface area contributed by atoms with Crippen LogP contribution in [0.25, 0.3) is 11.4 Å². The van der Waals surface area contributed by atoms with E-state index in [4.69, 9.17) is 4.98 Å². The van der Waals surface area contributed by atoms with Gasteiger partial charge in [0.15, 0.2) is 6.04 Å². The van der Waals surface area contributed by atoms with Gasteiger partial charge in [-0.25, -0.2) is 9.78 Å². The van der Waals surface area contributed by atoms with Gasteiger partial charge >= 0.3 is 5.97 Å². The molecule has 6 nitrogen and oxygen atoms in total. The number of aromatic nitrogens is 2. The lowest BCUT2D eigenvalue weighted by Gasteiger charge is -2.57. The second-order valence-corrected chi connectivity index (χ2v) is 11.8. The van der Waals surface area contributed by atoms with E-state index in [9.17, 15) is 14.7 Å². The van der Waals surface area contributed by atoms with E-state index in [2.05, 4.69) is 10.3 Å². The SMILES string of the molecule is Cc1ccccc1-c1nc(C(=O)NC(C(=O)O)c2ccccc2)c(CCC23CC4CC(CC(C4)C2)C3)[nH]1. The van der Waals surface area contributed by atoms with Gasteiger partial charge in [0.25, 0.3) is 5.91 Å². The number of aryl methyl sites for hydroxylation is 2.